The molecule has 3 fully saturated rings. The molecule has 0 heterocycles. The second-order valence-corrected chi connectivity index (χ2v) is 13.5. The van der Waals surface area contributed by atoms with Crippen LogP contribution in [-0.4, -0.2) is 46.8 Å². The lowest BCUT2D eigenvalue weighted by Crippen LogP contribution is -2.69. The number of esters is 2. The van der Waals surface area contributed by atoms with Crippen LogP contribution in [0.4, 0.5) is 0 Å². The van der Waals surface area contributed by atoms with Crippen molar-refractivity contribution in [2.75, 3.05) is 0 Å². The first-order valence-corrected chi connectivity index (χ1v) is 14.7. The second-order valence-electron chi connectivity index (χ2n) is 13.5. The number of carboxylic acid groups (broad SMARTS) is 1. The van der Waals surface area contributed by atoms with Crippen LogP contribution in [0.5, 0.6) is 0 Å². The molecule has 4 aliphatic rings. The van der Waals surface area contributed by atoms with Gasteiger partial charge in [0.2, 0.25) is 0 Å². The molecule has 0 unspecified atom stereocenters. The highest BCUT2D eigenvalue weighted by Gasteiger charge is 2.74. The molecule has 9 atom stereocenters. The van der Waals surface area contributed by atoms with Crippen LogP contribution in [0.2, 0.25) is 0 Å². The van der Waals surface area contributed by atoms with E-state index in [0.29, 0.717) is 24.8 Å². The molecule has 0 aliphatic heterocycles. The first-order chi connectivity index (χ1) is 19.0. The van der Waals surface area contributed by atoms with Crippen molar-refractivity contribution in [3.05, 3.63) is 34.9 Å². The SMILES string of the molecule is CC(=O)O[C@H]1C[C@@]2(C)[C@@H](CC[C@H]3[C@@]4(C)C=CC(=O)[C@@H](C)[C@@H]4[C@H](OC(C)=O)C(=O)[C@@]32C)/C1=C(/CCC=C(C)C)C(=O)O. The maximum atomic E-state index is 14.7. The van der Waals surface area contributed by atoms with Gasteiger partial charge in [0.05, 0.1) is 0 Å². The quantitative estimate of drug-likeness (QED) is 0.257. The molecule has 0 amide bonds. The van der Waals surface area contributed by atoms with Crippen molar-refractivity contribution in [3.8, 4) is 0 Å². The van der Waals surface area contributed by atoms with E-state index in [4.69, 9.17) is 9.47 Å². The minimum Gasteiger partial charge on any atom is -0.478 e. The molecule has 0 aromatic rings. The molecule has 224 valence electrons. The van der Waals surface area contributed by atoms with Crippen LogP contribution in [0.25, 0.3) is 0 Å². The van der Waals surface area contributed by atoms with Gasteiger partial charge >= 0.3 is 17.9 Å². The minimum absolute atomic E-state index is 0.0931. The van der Waals surface area contributed by atoms with Crippen LogP contribution >= 0.6 is 0 Å². The Bertz CT molecular complexity index is 1270. The molecule has 4 rings (SSSR count). The molecule has 8 heteroatoms. The summed E-state index contributed by atoms with van der Waals surface area (Å²) in [7, 11) is 0. The van der Waals surface area contributed by atoms with E-state index in [9.17, 15) is 29.1 Å². The van der Waals surface area contributed by atoms with E-state index in [1.54, 1.807) is 13.0 Å². The molecule has 0 bridgehead atoms. The number of aliphatic carboxylic acids is 1. The van der Waals surface area contributed by atoms with Gasteiger partial charge in [-0.2, -0.15) is 0 Å². The van der Waals surface area contributed by atoms with Gasteiger partial charge in [-0.3, -0.25) is 19.2 Å². The first-order valence-electron chi connectivity index (χ1n) is 14.7. The molecule has 3 saturated carbocycles. The molecule has 4 aliphatic carbocycles. The molecular formula is C33H44O8. The highest BCUT2D eigenvalue weighted by molar-refractivity contribution is 5.98. The van der Waals surface area contributed by atoms with E-state index in [2.05, 4.69) is 6.92 Å². The normalized spacial score (nSPS) is 40.6. The lowest BCUT2D eigenvalue weighted by Gasteiger charge is -2.66. The van der Waals surface area contributed by atoms with Gasteiger partial charge in [-0.15, -0.1) is 0 Å². The third-order valence-corrected chi connectivity index (χ3v) is 11.0. The zero-order valence-electron chi connectivity index (χ0n) is 25.5. The van der Waals surface area contributed by atoms with Gasteiger partial charge in [0.1, 0.15) is 6.10 Å². The largest absolute Gasteiger partial charge is 0.478 e. The Kier molecular flexibility index (Phi) is 8.04. The van der Waals surface area contributed by atoms with Crippen molar-refractivity contribution in [2.45, 2.75) is 99.7 Å². The molecule has 0 radical (unpaired) electrons. The fourth-order valence-electron chi connectivity index (χ4n) is 9.19. The summed E-state index contributed by atoms with van der Waals surface area (Å²) < 4.78 is 11.6. The smallest absolute Gasteiger partial charge is 0.331 e. The summed E-state index contributed by atoms with van der Waals surface area (Å²) in [4.78, 5) is 64.9. The highest BCUT2D eigenvalue weighted by atomic mass is 16.5. The fourth-order valence-corrected chi connectivity index (χ4v) is 9.19. The van der Waals surface area contributed by atoms with E-state index in [1.165, 1.54) is 13.8 Å². The van der Waals surface area contributed by atoms with Gasteiger partial charge in [0, 0.05) is 36.7 Å². The topological polar surface area (TPSA) is 124 Å². The van der Waals surface area contributed by atoms with Gasteiger partial charge < -0.3 is 14.6 Å². The second kappa shape index (κ2) is 10.7. The summed E-state index contributed by atoms with van der Waals surface area (Å²) in [6.07, 6.45) is 5.95. The van der Waals surface area contributed by atoms with Crippen LogP contribution < -0.4 is 0 Å². The molecule has 8 nitrogen and oxygen atoms in total. The summed E-state index contributed by atoms with van der Waals surface area (Å²) in [6.45, 7) is 14.3. The van der Waals surface area contributed by atoms with Gasteiger partial charge in [-0.05, 0) is 80.3 Å². The Morgan fingerprint density at radius 2 is 1.66 bits per heavy atom. The third kappa shape index (κ3) is 4.71. The van der Waals surface area contributed by atoms with Crippen molar-refractivity contribution < 1.29 is 38.6 Å². The summed E-state index contributed by atoms with van der Waals surface area (Å²) in [5, 5.41) is 10.4. The number of carbonyl (C=O) groups excluding carboxylic acids is 4. The zero-order valence-corrected chi connectivity index (χ0v) is 25.5. The van der Waals surface area contributed by atoms with Crippen molar-refractivity contribution in [2.24, 2.45) is 39.9 Å². The number of Topliss-reactive ketones (excluding diaryl/α,β-unsaturated/α-hetero) is 1. The predicted octanol–water partition coefficient (Wildman–Crippen LogP) is 5.40. The van der Waals surface area contributed by atoms with E-state index in [0.717, 1.165) is 5.57 Å². The Balaban J connectivity index is 1.93. The Morgan fingerprint density at radius 1 is 1.02 bits per heavy atom. The molecule has 0 saturated heterocycles. The molecular weight excluding hydrogens is 524 g/mol. The number of rotatable bonds is 6. The maximum Gasteiger partial charge on any atom is 0.331 e. The number of hydrogen-bond donors (Lipinski definition) is 1. The number of carboxylic acids is 1. The summed E-state index contributed by atoms with van der Waals surface area (Å²) in [6, 6.07) is 0. The van der Waals surface area contributed by atoms with E-state index >= 15 is 0 Å². The number of hydrogen-bond acceptors (Lipinski definition) is 7. The predicted molar refractivity (Wildman–Crippen MR) is 151 cm³/mol. The zero-order chi connectivity index (χ0) is 30.7. The third-order valence-electron chi connectivity index (χ3n) is 11.0. The van der Waals surface area contributed by atoms with E-state index in [-0.39, 0.29) is 41.8 Å². The van der Waals surface area contributed by atoms with Gasteiger partial charge in [-0.1, -0.05) is 45.4 Å². The monoisotopic (exact) mass is 568 g/mol. The lowest BCUT2D eigenvalue weighted by atomic mass is 9.37. The summed E-state index contributed by atoms with van der Waals surface area (Å²) in [5.74, 6) is -3.98. The lowest BCUT2D eigenvalue weighted by molar-refractivity contribution is -0.207. The minimum atomic E-state index is -1.12. The van der Waals surface area contributed by atoms with Crippen molar-refractivity contribution >= 4 is 29.5 Å². The van der Waals surface area contributed by atoms with Gasteiger partial charge in [0.15, 0.2) is 17.7 Å². The Hall–Kier alpha value is -3.03. The van der Waals surface area contributed by atoms with Crippen LogP contribution in [-0.2, 0) is 33.4 Å². The highest BCUT2D eigenvalue weighted by Crippen LogP contribution is 2.73. The Labute approximate surface area is 242 Å². The number of ether oxygens (including phenoxy) is 2. The summed E-state index contributed by atoms with van der Waals surface area (Å²) in [5.41, 5.74) is -0.526. The van der Waals surface area contributed by atoms with E-state index in [1.807, 2.05) is 39.8 Å². The first kappa shape index (κ1) is 30.9. The van der Waals surface area contributed by atoms with Crippen LogP contribution in [0, 0.1) is 39.9 Å². The van der Waals surface area contributed by atoms with Gasteiger partial charge in [-0.25, -0.2) is 4.79 Å². The van der Waals surface area contributed by atoms with Crippen molar-refractivity contribution in [3.63, 3.8) is 0 Å². The van der Waals surface area contributed by atoms with Crippen LogP contribution in [0.15, 0.2) is 34.9 Å². The van der Waals surface area contributed by atoms with E-state index < -0.39 is 58.2 Å². The molecule has 0 spiro atoms. The fraction of sp³-hybridized carbons (Fsp3) is 0.667. The standard InChI is InChI=1S/C33H44O8/c1-17(2)10-9-11-21(30(38)39)26-22-12-13-25-31(6)15-14-23(36)18(3)27(31)28(41-20(5)35)29(37)33(25,8)32(22,7)16-24(26)40-19(4)34/h10,14-15,18,22,24-25,27-28H,9,11-13,16H2,1-8H3,(H,38,39)/b26-21+/t18-,22+,24+,25+,27-,28+,31-,32+,33-/m1/s1. The van der Waals surface area contributed by atoms with Crippen LogP contribution in [0.1, 0.15) is 87.5 Å². The molecule has 0 aromatic heterocycles. The average molecular weight is 569 g/mol. The maximum absolute atomic E-state index is 14.7. The molecule has 0 aromatic carbocycles. The van der Waals surface area contributed by atoms with Crippen molar-refractivity contribution in [1.29, 1.82) is 0 Å². The molecule has 41 heavy (non-hydrogen) atoms. The number of allylic oxidation sites excluding steroid dienone is 4. The number of ketones is 2. The Morgan fingerprint density at radius 3 is 2.22 bits per heavy atom. The average Bonchev–Trinajstić information content (AvgIpc) is 3.14. The van der Waals surface area contributed by atoms with Gasteiger partial charge in [0.25, 0.3) is 0 Å². The number of fused-ring (bicyclic) bond motifs is 5. The summed E-state index contributed by atoms with van der Waals surface area (Å²) >= 11 is 0. The molecule has 1 N–H and O–H groups in total. The van der Waals surface area contributed by atoms with Crippen LogP contribution in [0.3, 0.4) is 0 Å². The number of carbonyl (C=O) groups is 5. The van der Waals surface area contributed by atoms with Crippen molar-refractivity contribution in [1.82, 2.24) is 0 Å².